The Morgan fingerprint density at radius 2 is 1.72 bits per heavy atom. The van der Waals surface area contributed by atoms with Crippen molar-refractivity contribution >= 4 is 40.8 Å². The Kier molecular flexibility index (Phi) is 16.6. The van der Waals surface area contributed by atoms with Crippen molar-refractivity contribution in [1.29, 1.82) is 0 Å². The predicted octanol–water partition coefficient (Wildman–Crippen LogP) is 7.30. The van der Waals surface area contributed by atoms with Crippen LogP contribution >= 0.6 is 0 Å². The van der Waals surface area contributed by atoms with Gasteiger partial charge in [0.1, 0.15) is 29.7 Å². The second kappa shape index (κ2) is 22.6. The average Bonchev–Trinajstić information content (AvgIpc) is 3.94. The van der Waals surface area contributed by atoms with Crippen molar-refractivity contribution in [3.05, 3.63) is 107 Å². The van der Waals surface area contributed by atoms with Crippen LogP contribution in [0.1, 0.15) is 96.2 Å². The van der Waals surface area contributed by atoms with Gasteiger partial charge < -0.3 is 44.0 Å². The molecule has 76 heavy (non-hydrogen) atoms. The number of hydrogen-bond acceptors (Lipinski definition) is 11. The molecule has 5 aromatic rings. The molecule has 6 bridgehead atoms. The van der Waals surface area contributed by atoms with Crippen LogP contribution in [0.15, 0.2) is 85.1 Å². The highest BCUT2D eigenvalue weighted by Gasteiger charge is 2.53. The molecule has 3 aliphatic rings. The number of hydrazine groups is 1. The van der Waals surface area contributed by atoms with E-state index < -0.39 is 52.2 Å². The van der Waals surface area contributed by atoms with Crippen molar-refractivity contribution in [2.45, 2.75) is 116 Å². The zero-order valence-corrected chi connectivity index (χ0v) is 46.3. The highest BCUT2D eigenvalue weighted by molar-refractivity contribution is 5.96. The number of aromatic hydroxyl groups is 1. The zero-order chi connectivity index (χ0) is 54.9. The van der Waals surface area contributed by atoms with Gasteiger partial charge in [-0.2, -0.15) is 0 Å². The van der Waals surface area contributed by atoms with Crippen molar-refractivity contribution in [1.82, 2.24) is 40.0 Å². The summed E-state index contributed by atoms with van der Waals surface area (Å²) < 4.78 is 14.7. The molecular formula is C60H78N8O8. The number of nitrogens with one attached hydrogen (secondary N) is 2. The first-order valence-electron chi connectivity index (χ1n) is 26.8. The number of pyridine rings is 1. The standard InChI is InChI=1S/C60H78N8O8/c1-12-66-50-22-21-41-32-46(50)47(54(66)45-20-16-25-61-52(45)39(4)75-11)33-58(5,6)36-76-37-60(35-69)24-17-26-68(63-60)57(74)49(30-40-28-42(41)31-44(70)29-40)62-55(72)53(38(2)3)65(10)56(73)48-23-27-67(51(71)34-64(8)9)59(48,7)43-18-14-13-15-19-43/h13-16,18-22,25,28-29,31-32,35,38-39,48-49,53,63,70H,12,17,23-24,26-27,30,33-34,36-37H2,1-11H3,(H,62,72)/t39-,48-,49-,53-,59-,60-/m0/s1. The van der Waals surface area contributed by atoms with E-state index in [0.29, 0.717) is 49.9 Å². The second-order valence-corrected chi connectivity index (χ2v) is 22.9. The van der Waals surface area contributed by atoms with E-state index in [1.165, 1.54) is 9.91 Å². The van der Waals surface area contributed by atoms with E-state index >= 15 is 14.4 Å². The van der Waals surface area contributed by atoms with E-state index in [0.717, 1.165) is 50.8 Å². The number of likely N-dealkylation sites (tertiary alicyclic amines) is 1. The van der Waals surface area contributed by atoms with Crippen LogP contribution < -0.4 is 10.7 Å². The molecule has 0 unspecified atom stereocenters. The number of carbonyl (C=O) groups is 5. The zero-order valence-electron chi connectivity index (χ0n) is 46.3. The van der Waals surface area contributed by atoms with Crippen molar-refractivity contribution in [3.63, 3.8) is 0 Å². The lowest BCUT2D eigenvalue weighted by atomic mass is 9.79. The van der Waals surface area contributed by atoms with Crippen LogP contribution in [-0.4, -0.2) is 143 Å². The Labute approximate surface area is 448 Å². The highest BCUT2D eigenvalue weighted by atomic mass is 16.5. The minimum absolute atomic E-state index is 0.00788. The van der Waals surface area contributed by atoms with Gasteiger partial charge in [0.15, 0.2) is 0 Å². The van der Waals surface area contributed by atoms with E-state index in [2.05, 4.69) is 54.3 Å². The lowest BCUT2D eigenvalue weighted by Crippen LogP contribution is -2.66. The average molecular weight is 1040 g/mol. The summed E-state index contributed by atoms with van der Waals surface area (Å²) >= 11 is 0. The molecule has 3 aliphatic heterocycles. The molecule has 16 nitrogen and oxygen atoms in total. The van der Waals surface area contributed by atoms with Crippen molar-refractivity contribution in [2.75, 3.05) is 61.1 Å². The van der Waals surface area contributed by atoms with Gasteiger partial charge >= 0.3 is 0 Å². The third-order valence-corrected chi connectivity index (χ3v) is 16.0. The molecule has 3 aromatic carbocycles. The summed E-state index contributed by atoms with van der Waals surface area (Å²) in [6, 6.07) is 22.9. The molecule has 16 heteroatoms. The third kappa shape index (κ3) is 11.0. The molecule has 0 saturated carbocycles. The number of aromatic nitrogens is 2. The number of nitrogens with zero attached hydrogens (tertiary/aromatic N) is 6. The molecule has 2 saturated heterocycles. The van der Waals surface area contributed by atoms with E-state index in [-0.39, 0.29) is 56.4 Å². The van der Waals surface area contributed by atoms with Gasteiger partial charge in [-0.3, -0.25) is 29.2 Å². The van der Waals surface area contributed by atoms with Crippen LogP contribution in [0.2, 0.25) is 0 Å². The van der Waals surface area contributed by atoms with Gasteiger partial charge in [-0.15, -0.1) is 0 Å². The lowest BCUT2D eigenvalue weighted by Gasteiger charge is -2.43. The minimum Gasteiger partial charge on any atom is -0.508 e. The maximum atomic E-state index is 15.2. The lowest BCUT2D eigenvalue weighted by molar-refractivity contribution is -0.150. The molecular weight excluding hydrogens is 961 g/mol. The van der Waals surface area contributed by atoms with Crippen LogP contribution in [0.4, 0.5) is 0 Å². The van der Waals surface area contributed by atoms with E-state index in [4.69, 9.17) is 14.5 Å². The number of likely N-dealkylation sites (N-methyl/N-ethyl adjacent to an activating group) is 2. The molecule has 0 radical (unpaired) electrons. The fourth-order valence-electron chi connectivity index (χ4n) is 12.2. The first kappa shape index (κ1) is 55.8. The maximum absolute atomic E-state index is 15.2. The van der Waals surface area contributed by atoms with Crippen LogP contribution in [0.5, 0.6) is 5.75 Å². The van der Waals surface area contributed by atoms with Gasteiger partial charge in [0, 0.05) is 62.9 Å². The topological polar surface area (TPSA) is 179 Å². The minimum atomic E-state index is -1.25. The number of ether oxygens (including phenoxy) is 2. The number of carbonyl (C=O) groups excluding carboxylic acids is 5. The van der Waals surface area contributed by atoms with Gasteiger partial charge in [0.05, 0.1) is 48.7 Å². The summed E-state index contributed by atoms with van der Waals surface area (Å²) in [5.41, 5.74) is 8.44. The molecule has 0 aliphatic carbocycles. The van der Waals surface area contributed by atoms with Gasteiger partial charge in [0.2, 0.25) is 17.7 Å². The summed E-state index contributed by atoms with van der Waals surface area (Å²) in [5.74, 6) is -2.52. The SMILES string of the molecule is CCn1c(-c2cccnc2[C@H](C)OC)c2c3cc(ccc31)-c1cc(O)cc(c1)C[C@H](NC(=O)[C@H](C(C)C)N(C)C(=O)[C@@H]1CCN(C(=O)CN(C)C)[C@@]1(C)c1ccccc1)C(=O)N1CCC[C@](C=O)(COCC(C)(C)C2)N1. The summed E-state index contributed by atoms with van der Waals surface area (Å²) in [5, 5.41) is 17.0. The second-order valence-electron chi connectivity index (χ2n) is 22.9. The Morgan fingerprint density at radius 3 is 2.41 bits per heavy atom. The molecule has 0 spiro atoms. The number of amides is 4. The van der Waals surface area contributed by atoms with Crippen molar-refractivity contribution in [3.8, 4) is 28.1 Å². The summed E-state index contributed by atoms with van der Waals surface area (Å²) in [6.07, 6.45) is 4.18. The van der Waals surface area contributed by atoms with Gasteiger partial charge in [0.25, 0.3) is 5.91 Å². The Bertz CT molecular complexity index is 2960. The molecule has 2 fully saturated rings. The maximum Gasteiger partial charge on any atom is 0.259 e. The number of methoxy groups -OCH3 is 1. The molecule has 6 atom stereocenters. The smallest absolute Gasteiger partial charge is 0.259 e. The largest absolute Gasteiger partial charge is 0.508 e. The summed E-state index contributed by atoms with van der Waals surface area (Å²) in [7, 11) is 6.98. The Balaban J connectivity index is 1.20. The number of phenolic OH excluding ortho intramolecular Hbond substituents is 1. The van der Waals surface area contributed by atoms with Crippen molar-refractivity contribution < 1.29 is 38.6 Å². The molecule has 4 amide bonds. The van der Waals surface area contributed by atoms with E-state index in [9.17, 15) is 14.7 Å². The number of rotatable bonds is 13. The van der Waals surface area contributed by atoms with Gasteiger partial charge in [-0.05, 0) is 136 Å². The first-order valence-corrected chi connectivity index (χ1v) is 26.8. The van der Waals surface area contributed by atoms with Gasteiger partial charge in [-0.1, -0.05) is 70.2 Å². The fraction of sp³-hybridized carbons (Fsp3) is 0.500. The summed E-state index contributed by atoms with van der Waals surface area (Å²) in [6.45, 7) is 15.8. The predicted molar refractivity (Wildman–Crippen MR) is 294 cm³/mol. The summed E-state index contributed by atoms with van der Waals surface area (Å²) in [4.78, 5) is 82.3. The number of aldehydes is 1. The molecule has 5 heterocycles. The Morgan fingerprint density at radius 1 is 0.974 bits per heavy atom. The number of phenols is 1. The van der Waals surface area contributed by atoms with E-state index in [1.807, 2.05) is 95.2 Å². The molecule has 2 aromatic heterocycles. The number of fused-ring (bicyclic) bond motifs is 6. The first-order chi connectivity index (χ1) is 36.1. The molecule has 3 N–H and O–H groups in total. The molecule has 406 valence electrons. The van der Waals surface area contributed by atoms with Crippen LogP contribution in [0.3, 0.4) is 0 Å². The number of aryl methyl sites for hydroxylation is 1. The molecule has 8 rings (SSSR count). The Hall–Kier alpha value is -6.46. The van der Waals surface area contributed by atoms with E-state index in [1.54, 1.807) is 37.4 Å². The van der Waals surface area contributed by atoms with Crippen LogP contribution in [0.25, 0.3) is 33.3 Å². The highest BCUT2D eigenvalue weighted by Crippen LogP contribution is 2.46. The monoisotopic (exact) mass is 1040 g/mol. The third-order valence-electron chi connectivity index (χ3n) is 16.0. The fourth-order valence-corrected chi connectivity index (χ4v) is 12.2. The quantitative estimate of drug-likeness (QED) is 0.101. The van der Waals surface area contributed by atoms with Crippen LogP contribution in [0, 0.1) is 17.3 Å². The number of hydrogen-bond donors (Lipinski definition) is 3. The van der Waals surface area contributed by atoms with Gasteiger partial charge in [-0.25, -0.2) is 5.43 Å². The van der Waals surface area contributed by atoms with Crippen LogP contribution in [-0.2, 0) is 58.4 Å². The number of benzene rings is 3. The normalized spacial score (nSPS) is 22.8. The van der Waals surface area contributed by atoms with Crippen molar-refractivity contribution in [2.24, 2.45) is 17.3 Å².